The summed E-state index contributed by atoms with van der Waals surface area (Å²) in [5, 5.41) is 2.49. The van der Waals surface area contributed by atoms with Gasteiger partial charge in [0.2, 0.25) is 5.91 Å². The van der Waals surface area contributed by atoms with Crippen LogP contribution in [0.1, 0.15) is 13.8 Å². The van der Waals surface area contributed by atoms with Gasteiger partial charge in [-0.1, -0.05) is 13.5 Å². The molecule has 2 N–H and O–H groups in total. The van der Waals surface area contributed by atoms with Gasteiger partial charge in [0.25, 0.3) is 10.1 Å². The molecule has 0 aliphatic carbocycles. The summed E-state index contributed by atoms with van der Waals surface area (Å²) in [4.78, 5) is 11.0. The third-order valence-electron chi connectivity index (χ3n) is 1.49. The van der Waals surface area contributed by atoms with E-state index in [9.17, 15) is 13.2 Å². The van der Waals surface area contributed by atoms with E-state index in [1.807, 2.05) is 0 Å². The number of hydrogen-bond acceptors (Lipinski definition) is 3. The van der Waals surface area contributed by atoms with E-state index in [2.05, 4.69) is 11.9 Å². The molecule has 0 aliphatic heterocycles. The van der Waals surface area contributed by atoms with Gasteiger partial charge in [-0.3, -0.25) is 9.35 Å². The Morgan fingerprint density at radius 1 is 1.53 bits per heavy atom. The van der Waals surface area contributed by atoms with Crippen molar-refractivity contribution in [2.24, 2.45) is 5.92 Å². The van der Waals surface area contributed by atoms with Crippen LogP contribution in [0, 0.1) is 5.92 Å². The van der Waals surface area contributed by atoms with E-state index >= 15 is 0 Å². The average molecular weight is 245 g/mol. The van der Waals surface area contributed by atoms with Gasteiger partial charge in [-0.15, -0.1) is 0 Å². The van der Waals surface area contributed by atoms with Gasteiger partial charge in [0.15, 0.2) is 0 Å². The molecule has 1 atom stereocenters. The number of amides is 1. The van der Waals surface area contributed by atoms with Crippen molar-refractivity contribution in [3.8, 4) is 0 Å². The van der Waals surface area contributed by atoms with Crippen LogP contribution in [0.4, 0.5) is 0 Å². The molecule has 0 fully saturated rings. The van der Waals surface area contributed by atoms with Crippen LogP contribution in [0.2, 0.25) is 0 Å². The van der Waals surface area contributed by atoms with Gasteiger partial charge in [-0.2, -0.15) is 8.42 Å². The third-order valence-corrected chi connectivity index (χ3v) is 2.48. The second kappa shape index (κ2) is 7.40. The van der Waals surface area contributed by atoms with E-state index < -0.39 is 10.1 Å². The van der Waals surface area contributed by atoms with Crippen molar-refractivity contribution in [2.45, 2.75) is 13.8 Å². The molecular formula is C8H16NNaO4S. The van der Waals surface area contributed by atoms with Gasteiger partial charge in [-0.25, -0.2) is 0 Å². The Bertz CT molecular complexity index is 326. The monoisotopic (exact) mass is 245 g/mol. The molecule has 0 rings (SSSR count). The molecule has 0 heterocycles. The summed E-state index contributed by atoms with van der Waals surface area (Å²) in [6, 6.07) is 0. The predicted molar refractivity (Wildman–Crippen MR) is 60.6 cm³/mol. The first-order valence-corrected chi connectivity index (χ1v) is 5.72. The summed E-state index contributed by atoms with van der Waals surface area (Å²) < 4.78 is 29.4. The first-order chi connectivity index (χ1) is 6.22. The molecule has 5 nitrogen and oxygen atoms in total. The average Bonchev–Trinajstić information content (AvgIpc) is 1.96. The van der Waals surface area contributed by atoms with E-state index in [1.54, 1.807) is 13.8 Å². The zero-order chi connectivity index (χ0) is 11.4. The minimum atomic E-state index is -3.97. The van der Waals surface area contributed by atoms with E-state index in [-0.39, 0.29) is 53.7 Å². The molecule has 1 unspecified atom stereocenters. The van der Waals surface area contributed by atoms with Gasteiger partial charge in [0.05, 0.1) is 5.75 Å². The summed E-state index contributed by atoms with van der Waals surface area (Å²) in [5.74, 6) is -0.996. The summed E-state index contributed by atoms with van der Waals surface area (Å²) >= 11 is 0. The maximum atomic E-state index is 11.0. The molecule has 15 heavy (non-hydrogen) atoms. The van der Waals surface area contributed by atoms with Crippen LogP contribution in [-0.4, -0.2) is 60.7 Å². The molecule has 0 spiro atoms. The Balaban J connectivity index is 0. The van der Waals surface area contributed by atoms with Crippen LogP contribution >= 0.6 is 0 Å². The van der Waals surface area contributed by atoms with Gasteiger partial charge >= 0.3 is 29.6 Å². The number of nitrogens with one attached hydrogen (secondary N) is 1. The Labute approximate surface area is 112 Å². The predicted octanol–water partition coefficient (Wildman–Crippen LogP) is -0.446. The second-order valence-electron chi connectivity index (χ2n) is 3.34. The zero-order valence-corrected chi connectivity index (χ0v) is 9.10. The molecule has 1 amide bonds. The van der Waals surface area contributed by atoms with Crippen LogP contribution in [0.15, 0.2) is 12.2 Å². The van der Waals surface area contributed by atoms with Crippen molar-refractivity contribution >= 4 is 45.6 Å². The van der Waals surface area contributed by atoms with Crippen LogP contribution in [0.5, 0.6) is 0 Å². The summed E-state index contributed by atoms with van der Waals surface area (Å²) in [6.45, 7) is 6.80. The standard InChI is InChI=1S/C8H15NO4S.Na.H/c1-6(2)8(10)9-4-7(3)5-14(11,12)13;;/h7H,1,4-5H2,2-3H3,(H,9,10)(H,11,12,13);;. The van der Waals surface area contributed by atoms with E-state index in [0.717, 1.165) is 0 Å². The van der Waals surface area contributed by atoms with Crippen LogP contribution in [-0.2, 0) is 14.9 Å². The van der Waals surface area contributed by atoms with Crippen molar-refractivity contribution in [3.05, 3.63) is 12.2 Å². The summed E-state index contributed by atoms with van der Waals surface area (Å²) in [6.07, 6.45) is 0. The minimum absolute atomic E-state index is 0. The third kappa shape index (κ3) is 10.4. The fourth-order valence-electron chi connectivity index (χ4n) is 0.836. The zero-order valence-electron chi connectivity index (χ0n) is 8.28. The molecule has 0 saturated carbocycles. The van der Waals surface area contributed by atoms with Gasteiger partial charge < -0.3 is 5.32 Å². The molecule has 0 bridgehead atoms. The molecule has 0 aromatic heterocycles. The fourth-order valence-corrected chi connectivity index (χ4v) is 1.67. The summed E-state index contributed by atoms with van der Waals surface area (Å²) in [7, 11) is -3.97. The summed E-state index contributed by atoms with van der Waals surface area (Å²) in [5.41, 5.74) is 0.365. The Kier molecular flexibility index (Phi) is 8.64. The fraction of sp³-hybridized carbons (Fsp3) is 0.625. The van der Waals surface area contributed by atoms with Crippen molar-refractivity contribution in [3.63, 3.8) is 0 Å². The van der Waals surface area contributed by atoms with Crippen molar-refractivity contribution in [1.29, 1.82) is 0 Å². The molecule has 0 aromatic rings. The Morgan fingerprint density at radius 3 is 2.33 bits per heavy atom. The van der Waals surface area contributed by atoms with Crippen LogP contribution in [0.25, 0.3) is 0 Å². The van der Waals surface area contributed by atoms with Crippen molar-refractivity contribution < 1.29 is 17.8 Å². The van der Waals surface area contributed by atoms with Crippen molar-refractivity contribution in [1.82, 2.24) is 5.32 Å². The first-order valence-electron chi connectivity index (χ1n) is 4.11. The van der Waals surface area contributed by atoms with E-state index in [1.165, 1.54) is 0 Å². The van der Waals surface area contributed by atoms with E-state index in [0.29, 0.717) is 5.57 Å². The quantitative estimate of drug-likeness (QED) is 0.390. The van der Waals surface area contributed by atoms with Gasteiger partial charge in [-0.05, 0) is 12.8 Å². The van der Waals surface area contributed by atoms with E-state index in [4.69, 9.17) is 4.55 Å². The Hall–Kier alpha value is 0.120. The molecular weight excluding hydrogens is 229 g/mol. The van der Waals surface area contributed by atoms with Gasteiger partial charge in [0.1, 0.15) is 0 Å². The topological polar surface area (TPSA) is 83.5 Å². The molecule has 84 valence electrons. The molecule has 0 radical (unpaired) electrons. The molecule has 0 aromatic carbocycles. The first kappa shape index (κ1) is 17.5. The number of hydrogen-bond donors (Lipinski definition) is 2. The molecule has 0 aliphatic rings. The Morgan fingerprint density at radius 2 is 2.00 bits per heavy atom. The van der Waals surface area contributed by atoms with Crippen molar-refractivity contribution in [2.75, 3.05) is 12.3 Å². The SMILES string of the molecule is C=C(C)C(=O)NCC(C)CS(=O)(=O)O.[NaH]. The molecule has 0 saturated heterocycles. The number of rotatable bonds is 5. The van der Waals surface area contributed by atoms with Gasteiger partial charge in [0, 0.05) is 12.1 Å². The second-order valence-corrected chi connectivity index (χ2v) is 4.84. The molecule has 7 heteroatoms. The number of carbonyl (C=O) groups excluding carboxylic acids is 1. The van der Waals surface area contributed by atoms with Crippen LogP contribution < -0.4 is 5.32 Å². The maximum absolute atomic E-state index is 11.0. The number of carbonyl (C=O) groups is 1. The van der Waals surface area contributed by atoms with Crippen LogP contribution in [0.3, 0.4) is 0 Å². The normalized spacial score (nSPS) is 12.5.